The van der Waals surface area contributed by atoms with Crippen LogP contribution in [0.25, 0.3) is 0 Å². The van der Waals surface area contributed by atoms with E-state index in [0.29, 0.717) is 48.5 Å². The molecule has 3 N–H and O–H groups in total. The van der Waals surface area contributed by atoms with Gasteiger partial charge < -0.3 is 40.0 Å². The molecule has 45 heavy (non-hydrogen) atoms. The van der Waals surface area contributed by atoms with Gasteiger partial charge in [0.15, 0.2) is 0 Å². The molecule has 0 bridgehead atoms. The fraction of sp³-hybridized carbons (Fsp3) is 0.324. The minimum atomic E-state index is -0.179. The fourth-order valence-corrected chi connectivity index (χ4v) is 5.88. The van der Waals surface area contributed by atoms with Gasteiger partial charge in [0, 0.05) is 56.5 Å². The number of methoxy groups -OCH3 is 2. The lowest BCUT2D eigenvalue weighted by atomic mass is 10.1. The van der Waals surface area contributed by atoms with Gasteiger partial charge in [-0.3, -0.25) is 4.79 Å². The molecule has 11 nitrogen and oxygen atoms in total. The van der Waals surface area contributed by atoms with Crippen molar-refractivity contribution < 1.29 is 19.0 Å². The normalized spacial score (nSPS) is 15.8. The number of benzene rings is 3. The zero-order valence-electron chi connectivity index (χ0n) is 26.1. The lowest BCUT2D eigenvalue weighted by Crippen LogP contribution is -2.36. The molecule has 0 unspecified atom stereocenters. The molecule has 234 valence electrons. The summed E-state index contributed by atoms with van der Waals surface area (Å²) in [6.45, 7) is 6.68. The molecular formula is C34H39N7O4. The number of fused-ring (bicyclic) bond motifs is 1. The highest BCUT2D eigenvalue weighted by molar-refractivity contribution is 6.00. The van der Waals surface area contributed by atoms with Crippen LogP contribution in [0.3, 0.4) is 0 Å². The van der Waals surface area contributed by atoms with Crippen molar-refractivity contribution in [2.75, 3.05) is 74.5 Å². The highest BCUT2D eigenvalue weighted by atomic mass is 16.5. The third-order valence-electron chi connectivity index (χ3n) is 8.20. The Morgan fingerprint density at radius 1 is 0.956 bits per heavy atom. The molecule has 3 aromatic carbocycles. The molecule has 0 radical (unpaired) electrons. The Kier molecular flexibility index (Phi) is 8.88. The van der Waals surface area contributed by atoms with Crippen molar-refractivity contribution in [3.63, 3.8) is 0 Å². The Balaban J connectivity index is 1.38. The smallest absolute Gasteiger partial charge is 0.253 e. The van der Waals surface area contributed by atoms with Gasteiger partial charge in [-0.15, -0.1) is 0 Å². The number of amides is 1. The second kappa shape index (κ2) is 13.3. The number of nitrogens with zero attached hydrogens (tertiary/aromatic N) is 4. The summed E-state index contributed by atoms with van der Waals surface area (Å²) in [5.41, 5.74) is 5.15. The number of hydrogen-bond donors (Lipinski definition) is 3. The van der Waals surface area contributed by atoms with Crippen LogP contribution in [0.4, 0.5) is 34.6 Å². The summed E-state index contributed by atoms with van der Waals surface area (Å²) in [6, 6.07) is 21.6. The van der Waals surface area contributed by atoms with Crippen LogP contribution >= 0.6 is 0 Å². The summed E-state index contributed by atoms with van der Waals surface area (Å²) >= 11 is 0. The molecule has 0 aliphatic carbocycles. The van der Waals surface area contributed by atoms with Crippen LogP contribution in [0.2, 0.25) is 0 Å². The molecule has 1 saturated heterocycles. The van der Waals surface area contributed by atoms with Crippen LogP contribution in [-0.4, -0.2) is 70.0 Å². The quantitative estimate of drug-likeness (QED) is 0.219. The van der Waals surface area contributed by atoms with E-state index in [1.807, 2.05) is 42.5 Å². The van der Waals surface area contributed by atoms with Gasteiger partial charge >= 0.3 is 0 Å². The van der Waals surface area contributed by atoms with E-state index < -0.39 is 0 Å². The van der Waals surface area contributed by atoms with Crippen molar-refractivity contribution >= 4 is 40.6 Å². The Morgan fingerprint density at radius 3 is 2.47 bits per heavy atom. The first-order chi connectivity index (χ1) is 22.0. The second-order valence-electron chi connectivity index (χ2n) is 11.1. The maximum atomic E-state index is 12.7. The Labute approximate surface area is 263 Å². The molecule has 0 spiro atoms. The van der Waals surface area contributed by atoms with E-state index in [-0.39, 0.29) is 11.8 Å². The number of rotatable bonds is 10. The van der Waals surface area contributed by atoms with E-state index in [4.69, 9.17) is 24.2 Å². The van der Waals surface area contributed by atoms with Crippen LogP contribution in [0.1, 0.15) is 34.3 Å². The first kappa shape index (κ1) is 30.0. The lowest BCUT2D eigenvalue weighted by Gasteiger charge is -2.29. The van der Waals surface area contributed by atoms with E-state index in [2.05, 4.69) is 50.9 Å². The van der Waals surface area contributed by atoms with Crippen molar-refractivity contribution in [1.82, 2.24) is 15.3 Å². The van der Waals surface area contributed by atoms with Crippen molar-refractivity contribution in [3.8, 4) is 11.5 Å². The Bertz CT molecular complexity index is 1660. The second-order valence-corrected chi connectivity index (χ2v) is 11.1. The number of carbonyl (C=O) groups is 1. The molecule has 2 aliphatic rings. The summed E-state index contributed by atoms with van der Waals surface area (Å²) in [4.78, 5) is 27.3. The third kappa shape index (κ3) is 6.44. The maximum absolute atomic E-state index is 12.7. The molecule has 4 aromatic rings. The van der Waals surface area contributed by atoms with E-state index in [9.17, 15) is 4.79 Å². The van der Waals surface area contributed by atoms with Gasteiger partial charge in [-0.1, -0.05) is 31.2 Å². The largest absolute Gasteiger partial charge is 0.497 e. The molecule has 2 aliphatic heterocycles. The first-order valence-electron chi connectivity index (χ1n) is 15.1. The zero-order valence-corrected chi connectivity index (χ0v) is 26.1. The minimum absolute atomic E-state index is 0.143. The maximum Gasteiger partial charge on any atom is 0.253 e. The Hall–Kier alpha value is -5.03. The standard InChI is InChI=1S/C34H39N7O4/c1-22-20-41(21-23-9-12-25(43-3)13-10-23)32-30(22)31(36-27-8-6-5-7-26(27)33(42)35-2)38-34(39-32)37-28-14-11-24(19-29(28)44-4)40-15-17-45-18-16-40/h5-14,19,22H,15-18,20-21H2,1-4H3,(H,35,42)(H2,36,37,38,39)/t22-/m1/s1. The van der Waals surface area contributed by atoms with Gasteiger partial charge in [-0.25, -0.2) is 0 Å². The number of morpholine rings is 1. The number of carbonyl (C=O) groups excluding carboxylic acids is 1. The number of para-hydroxylation sites is 1. The molecule has 3 heterocycles. The zero-order chi connectivity index (χ0) is 31.3. The van der Waals surface area contributed by atoms with Crippen LogP contribution in [0.15, 0.2) is 66.7 Å². The number of ether oxygens (including phenoxy) is 3. The Morgan fingerprint density at radius 2 is 1.73 bits per heavy atom. The van der Waals surface area contributed by atoms with Gasteiger partial charge in [0.2, 0.25) is 5.95 Å². The van der Waals surface area contributed by atoms with Gasteiger partial charge in [-0.2, -0.15) is 9.97 Å². The molecule has 1 amide bonds. The van der Waals surface area contributed by atoms with Crippen molar-refractivity contribution in [2.45, 2.75) is 19.4 Å². The molecule has 1 aromatic heterocycles. The lowest BCUT2D eigenvalue weighted by molar-refractivity contribution is 0.0964. The highest BCUT2D eigenvalue weighted by Crippen LogP contribution is 2.42. The third-order valence-corrected chi connectivity index (χ3v) is 8.20. The summed E-state index contributed by atoms with van der Waals surface area (Å²) in [7, 11) is 4.95. The summed E-state index contributed by atoms with van der Waals surface area (Å²) < 4.78 is 16.7. The summed E-state index contributed by atoms with van der Waals surface area (Å²) in [5.74, 6) is 3.36. The van der Waals surface area contributed by atoms with E-state index in [1.54, 1.807) is 27.3 Å². The van der Waals surface area contributed by atoms with Crippen molar-refractivity contribution in [1.29, 1.82) is 0 Å². The highest BCUT2D eigenvalue weighted by Gasteiger charge is 2.32. The van der Waals surface area contributed by atoms with Crippen molar-refractivity contribution in [3.05, 3.63) is 83.4 Å². The monoisotopic (exact) mass is 609 g/mol. The average molecular weight is 610 g/mol. The van der Waals surface area contributed by atoms with Crippen LogP contribution < -0.4 is 35.2 Å². The molecule has 1 atom stereocenters. The van der Waals surface area contributed by atoms with Crippen LogP contribution in [0, 0.1) is 0 Å². The molecular weight excluding hydrogens is 570 g/mol. The molecule has 6 rings (SSSR count). The predicted molar refractivity (Wildman–Crippen MR) is 177 cm³/mol. The summed E-state index contributed by atoms with van der Waals surface area (Å²) in [5, 5.41) is 9.63. The van der Waals surface area contributed by atoms with Crippen LogP contribution in [-0.2, 0) is 11.3 Å². The first-order valence-corrected chi connectivity index (χ1v) is 15.1. The number of aromatic nitrogens is 2. The van der Waals surface area contributed by atoms with E-state index in [1.165, 1.54) is 0 Å². The number of hydrogen-bond acceptors (Lipinski definition) is 10. The van der Waals surface area contributed by atoms with Gasteiger partial charge in [0.05, 0.1) is 44.4 Å². The molecule has 11 heteroatoms. The number of anilines is 6. The van der Waals surface area contributed by atoms with E-state index in [0.717, 1.165) is 53.7 Å². The van der Waals surface area contributed by atoms with Crippen molar-refractivity contribution in [2.24, 2.45) is 0 Å². The van der Waals surface area contributed by atoms with Gasteiger partial charge in [0.25, 0.3) is 5.91 Å². The SMILES string of the molecule is CNC(=O)c1ccccc1Nc1nc(Nc2ccc(N3CCOCC3)cc2OC)nc2c1[C@H](C)CN2Cc1ccc(OC)cc1. The van der Waals surface area contributed by atoms with Crippen LogP contribution in [0.5, 0.6) is 11.5 Å². The van der Waals surface area contributed by atoms with E-state index >= 15 is 0 Å². The fourth-order valence-electron chi connectivity index (χ4n) is 5.88. The average Bonchev–Trinajstić information content (AvgIpc) is 3.39. The van der Waals surface area contributed by atoms with Gasteiger partial charge in [0.1, 0.15) is 23.1 Å². The topological polar surface area (TPSA) is 113 Å². The van der Waals surface area contributed by atoms with Gasteiger partial charge in [-0.05, 0) is 42.0 Å². The predicted octanol–water partition coefficient (Wildman–Crippen LogP) is 5.30. The molecule has 1 fully saturated rings. The summed E-state index contributed by atoms with van der Waals surface area (Å²) in [6.07, 6.45) is 0. The molecule has 0 saturated carbocycles. The number of nitrogens with one attached hydrogen (secondary N) is 3. The minimum Gasteiger partial charge on any atom is -0.497 e.